The molecule has 4 atom stereocenters. The number of anilines is 1. The lowest BCUT2D eigenvalue weighted by molar-refractivity contribution is -0.0511. The molecule has 0 radical (unpaired) electrons. The van der Waals surface area contributed by atoms with Crippen LogP contribution in [0.5, 0.6) is 0 Å². The van der Waals surface area contributed by atoms with Gasteiger partial charge in [-0.1, -0.05) is 18.3 Å². The predicted molar refractivity (Wildman–Crippen MR) is 84.6 cm³/mol. The lowest BCUT2D eigenvalue weighted by Crippen LogP contribution is -2.33. The summed E-state index contributed by atoms with van der Waals surface area (Å²) in [6.07, 6.45) is -3.61. The summed E-state index contributed by atoms with van der Waals surface area (Å²) in [5.41, 5.74) is -1.24. The van der Waals surface area contributed by atoms with Crippen molar-refractivity contribution >= 4 is 17.1 Å². The number of aliphatic hydroxyl groups excluding tert-OH is 3. The zero-order valence-corrected chi connectivity index (χ0v) is 13.7. The molecular formula is C14H20FN5O5. The van der Waals surface area contributed by atoms with Crippen LogP contribution in [0.1, 0.15) is 20.1 Å². The molecule has 10 nitrogen and oxygen atoms in total. The molecule has 1 fully saturated rings. The van der Waals surface area contributed by atoms with Crippen molar-refractivity contribution in [2.45, 2.75) is 38.4 Å². The Morgan fingerprint density at radius 1 is 1.40 bits per heavy atom. The Balaban J connectivity index is 2.04. The van der Waals surface area contributed by atoms with Crippen LogP contribution in [0.2, 0.25) is 0 Å². The van der Waals surface area contributed by atoms with E-state index in [1.807, 2.05) is 13.8 Å². The number of hydrogen-bond acceptors (Lipinski definition) is 8. The summed E-state index contributed by atoms with van der Waals surface area (Å²) in [6.45, 7) is 3.72. The van der Waals surface area contributed by atoms with Gasteiger partial charge >= 0.3 is 5.56 Å². The lowest BCUT2D eigenvalue weighted by atomic mass is 10.1. The van der Waals surface area contributed by atoms with Gasteiger partial charge in [0.25, 0.3) is 0 Å². The molecule has 4 N–H and O–H groups in total. The number of ether oxygens (including phenoxy) is 1. The highest BCUT2D eigenvalue weighted by Crippen LogP contribution is 2.31. The number of rotatable bonds is 5. The van der Waals surface area contributed by atoms with Gasteiger partial charge in [-0.15, -0.1) is 4.79 Å². The van der Waals surface area contributed by atoms with Crippen molar-refractivity contribution in [2.75, 3.05) is 18.5 Å². The molecule has 25 heavy (non-hydrogen) atoms. The van der Waals surface area contributed by atoms with Crippen molar-refractivity contribution in [3.8, 4) is 0 Å². The number of aromatic nitrogens is 4. The minimum atomic E-state index is -1.36. The van der Waals surface area contributed by atoms with E-state index < -0.39 is 36.7 Å². The first kappa shape index (κ1) is 17.7. The standard InChI is InChI=1S/C14H20FN5O5/c1-6(2)3-16-14-18-11-8(12(24)20(14)15)17-5-19(11)13-10(23)9(22)7(4-21)25-13/h5-7,9-10,13,21-23H,3-4H2,1-2H3,(H,16,18)/t7-,9-,10-,13-/m1/s1. The number of nitrogens with zero attached hydrogens (tertiary/aromatic N) is 4. The van der Waals surface area contributed by atoms with Crippen molar-refractivity contribution < 1.29 is 24.5 Å². The number of fused-ring (bicyclic) bond motifs is 1. The molecular weight excluding hydrogens is 337 g/mol. The van der Waals surface area contributed by atoms with Crippen molar-refractivity contribution in [1.29, 1.82) is 0 Å². The molecule has 0 amide bonds. The van der Waals surface area contributed by atoms with Crippen LogP contribution in [0.4, 0.5) is 10.4 Å². The summed E-state index contributed by atoms with van der Waals surface area (Å²) in [5, 5.41) is 31.9. The number of hydrogen-bond donors (Lipinski definition) is 4. The molecule has 0 aliphatic carbocycles. The Hall–Kier alpha value is -2.08. The van der Waals surface area contributed by atoms with Gasteiger partial charge in [0.2, 0.25) is 5.95 Å². The fourth-order valence-electron chi connectivity index (χ4n) is 2.65. The minimum Gasteiger partial charge on any atom is -0.394 e. The first-order chi connectivity index (χ1) is 11.8. The van der Waals surface area contributed by atoms with Crippen molar-refractivity contribution in [3.05, 3.63) is 16.7 Å². The third-order valence-electron chi connectivity index (χ3n) is 4.01. The summed E-state index contributed by atoms with van der Waals surface area (Å²) in [6, 6.07) is 0. The molecule has 138 valence electrons. The zero-order chi connectivity index (χ0) is 18.3. The van der Waals surface area contributed by atoms with Crippen molar-refractivity contribution in [3.63, 3.8) is 0 Å². The molecule has 1 saturated heterocycles. The van der Waals surface area contributed by atoms with E-state index >= 15 is 0 Å². The number of nitrogens with one attached hydrogen (secondary N) is 1. The molecule has 0 saturated carbocycles. The van der Waals surface area contributed by atoms with Crippen LogP contribution < -0.4 is 10.9 Å². The molecule has 0 unspecified atom stereocenters. The van der Waals surface area contributed by atoms with E-state index in [4.69, 9.17) is 4.74 Å². The van der Waals surface area contributed by atoms with Crippen LogP contribution in [-0.4, -0.2) is 66.1 Å². The van der Waals surface area contributed by atoms with E-state index in [-0.39, 0.29) is 27.8 Å². The maximum atomic E-state index is 14.1. The number of imidazole rings is 1. The van der Waals surface area contributed by atoms with E-state index in [9.17, 15) is 24.6 Å². The van der Waals surface area contributed by atoms with Gasteiger partial charge in [0.15, 0.2) is 17.4 Å². The molecule has 0 spiro atoms. The van der Waals surface area contributed by atoms with Gasteiger partial charge < -0.3 is 25.4 Å². The fraction of sp³-hybridized carbons (Fsp3) is 0.643. The normalized spacial score (nSPS) is 26.7. The second-order valence-corrected chi connectivity index (χ2v) is 6.35. The molecule has 1 aliphatic rings. The lowest BCUT2D eigenvalue weighted by Gasteiger charge is -2.17. The molecule has 1 aliphatic heterocycles. The van der Waals surface area contributed by atoms with Gasteiger partial charge in [0.1, 0.15) is 18.3 Å². The van der Waals surface area contributed by atoms with Gasteiger partial charge in [-0.2, -0.15) is 4.98 Å². The molecule has 0 bridgehead atoms. The smallest absolute Gasteiger partial charge is 0.311 e. The average Bonchev–Trinajstić information content (AvgIpc) is 3.11. The average molecular weight is 357 g/mol. The van der Waals surface area contributed by atoms with Gasteiger partial charge in [-0.05, 0) is 5.92 Å². The second-order valence-electron chi connectivity index (χ2n) is 6.35. The molecule has 2 aromatic heterocycles. The molecule has 0 aromatic carbocycles. The van der Waals surface area contributed by atoms with Gasteiger partial charge in [-0.25, -0.2) is 4.98 Å². The Morgan fingerprint density at radius 2 is 2.12 bits per heavy atom. The second kappa shape index (κ2) is 6.67. The van der Waals surface area contributed by atoms with E-state index in [0.29, 0.717) is 6.54 Å². The van der Waals surface area contributed by atoms with Crippen LogP contribution >= 0.6 is 0 Å². The van der Waals surface area contributed by atoms with Crippen molar-refractivity contribution in [1.82, 2.24) is 19.3 Å². The van der Waals surface area contributed by atoms with E-state index in [1.54, 1.807) is 0 Å². The Bertz CT molecular complexity index is 822. The first-order valence-electron chi connectivity index (χ1n) is 7.87. The Morgan fingerprint density at radius 3 is 2.72 bits per heavy atom. The van der Waals surface area contributed by atoms with E-state index in [1.165, 1.54) is 10.9 Å². The third kappa shape index (κ3) is 2.99. The molecule has 2 aromatic rings. The van der Waals surface area contributed by atoms with Crippen LogP contribution in [0.15, 0.2) is 11.1 Å². The fourth-order valence-corrected chi connectivity index (χ4v) is 2.65. The van der Waals surface area contributed by atoms with Gasteiger partial charge in [-0.3, -0.25) is 9.36 Å². The maximum Gasteiger partial charge on any atom is 0.311 e. The largest absolute Gasteiger partial charge is 0.394 e. The van der Waals surface area contributed by atoms with Crippen LogP contribution in [0.3, 0.4) is 0 Å². The monoisotopic (exact) mass is 357 g/mol. The van der Waals surface area contributed by atoms with Gasteiger partial charge in [0, 0.05) is 6.54 Å². The van der Waals surface area contributed by atoms with Crippen LogP contribution in [0.25, 0.3) is 11.2 Å². The first-order valence-corrected chi connectivity index (χ1v) is 7.87. The summed E-state index contributed by atoms with van der Waals surface area (Å²) in [5.74, 6) is -0.0994. The summed E-state index contributed by atoms with van der Waals surface area (Å²) >= 11 is 0. The number of halogens is 1. The van der Waals surface area contributed by atoms with Crippen molar-refractivity contribution in [2.24, 2.45) is 5.92 Å². The quantitative estimate of drug-likeness (QED) is 0.535. The SMILES string of the molecule is CC(C)CNc1nc2c(ncn2[C@@H]2O[C@H](CO)[C@@H](O)[C@H]2O)c(=O)n1F. The molecule has 3 rings (SSSR count). The van der Waals surface area contributed by atoms with E-state index in [2.05, 4.69) is 15.3 Å². The van der Waals surface area contributed by atoms with Crippen LogP contribution in [0, 0.1) is 5.92 Å². The predicted octanol–water partition coefficient (Wildman–Crippen LogP) is -0.995. The Labute approximate surface area is 141 Å². The highest BCUT2D eigenvalue weighted by atomic mass is 19.2. The minimum absolute atomic E-state index is 0.00000378. The number of aliphatic hydroxyl groups is 3. The highest BCUT2D eigenvalue weighted by molar-refractivity contribution is 5.71. The molecule has 11 heteroatoms. The Kier molecular flexibility index (Phi) is 4.73. The summed E-state index contributed by atoms with van der Waals surface area (Å²) in [7, 11) is 0. The highest BCUT2D eigenvalue weighted by Gasteiger charge is 2.44. The van der Waals surface area contributed by atoms with E-state index in [0.717, 1.165) is 0 Å². The topological polar surface area (TPSA) is 135 Å². The third-order valence-corrected chi connectivity index (χ3v) is 4.01. The summed E-state index contributed by atoms with van der Waals surface area (Å²) in [4.78, 5) is 19.9. The zero-order valence-electron chi connectivity index (χ0n) is 13.7. The maximum absolute atomic E-state index is 14.1. The van der Waals surface area contributed by atoms with Gasteiger partial charge in [0.05, 0.1) is 12.9 Å². The summed E-state index contributed by atoms with van der Waals surface area (Å²) < 4.78 is 20.7. The molecule has 3 heterocycles. The van der Waals surface area contributed by atoms with Crippen LogP contribution in [-0.2, 0) is 4.74 Å².